The summed E-state index contributed by atoms with van der Waals surface area (Å²) >= 11 is 1.43. The van der Waals surface area contributed by atoms with Gasteiger partial charge in [0.2, 0.25) is 5.91 Å². The van der Waals surface area contributed by atoms with Gasteiger partial charge in [0.05, 0.1) is 35.3 Å². The van der Waals surface area contributed by atoms with Gasteiger partial charge in [-0.2, -0.15) is 5.10 Å². The van der Waals surface area contributed by atoms with Crippen molar-refractivity contribution >= 4 is 33.2 Å². The number of aromatic nitrogens is 3. The lowest BCUT2D eigenvalue weighted by atomic mass is 9.95. The molecule has 228 valence electrons. The molecule has 0 unspecified atom stereocenters. The van der Waals surface area contributed by atoms with E-state index in [4.69, 9.17) is 9.72 Å². The Balaban J connectivity index is 1.45. The minimum Gasteiger partial charge on any atom is -0.490 e. The smallest absolute Gasteiger partial charge is 0.251 e. The number of thiophene rings is 1. The van der Waals surface area contributed by atoms with Crippen LogP contribution in [0, 0.1) is 11.6 Å². The molecule has 1 N–H and O–H groups in total. The van der Waals surface area contributed by atoms with Crippen LogP contribution in [0.3, 0.4) is 0 Å². The van der Waals surface area contributed by atoms with Crippen molar-refractivity contribution in [2.75, 3.05) is 13.1 Å². The van der Waals surface area contributed by atoms with Gasteiger partial charge in [0, 0.05) is 70.3 Å². The monoisotopic (exact) mass is 625 g/mol. The van der Waals surface area contributed by atoms with Crippen LogP contribution in [0.5, 0.6) is 5.75 Å². The number of ether oxygens (including phenoxy) is 1. The highest BCUT2D eigenvalue weighted by Crippen LogP contribution is 2.47. The largest absolute Gasteiger partial charge is 0.490 e. The maximum atomic E-state index is 15.9. The second-order valence-corrected chi connectivity index (χ2v) is 12.4. The predicted molar refractivity (Wildman–Crippen MR) is 169 cm³/mol. The number of amides is 2. The molecule has 7 rings (SSSR count). The number of nitrogens with zero attached hydrogens (tertiary/aromatic N) is 4. The molecule has 1 saturated heterocycles. The van der Waals surface area contributed by atoms with Gasteiger partial charge in [0.25, 0.3) is 5.91 Å². The zero-order chi connectivity index (χ0) is 31.4. The Kier molecular flexibility index (Phi) is 7.20. The molecule has 2 aromatic carbocycles. The van der Waals surface area contributed by atoms with E-state index in [2.05, 4.69) is 17.0 Å². The number of nitrogens with one attached hydrogen (secondary N) is 1. The molecule has 5 aromatic rings. The van der Waals surface area contributed by atoms with E-state index in [9.17, 15) is 14.0 Å². The average molecular weight is 626 g/mol. The lowest BCUT2D eigenvalue weighted by Gasteiger charge is -2.19. The molecule has 0 spiro atoms. The van der Waals surface area contributed by atoms with Gasteiger partial charge in [-0.25, -0.2) is 13.8 Å². The fourth-order valence-electron chi connectivity index (χ4n) is 6.15. The normalized spacial score (nSPS) is 16.0. The summed E-state index contributed by atoms with van der Waals surface area (Å²) in [5.74, 6) is -1.66. The highest BCUT2D eigenvalue weighted by atomic mass is 32.1. The first-order valence-electron chi connectivity index (χ1n) is 14.7. The third-order valence-corrected chi connectivity index (χ3v) is 9.13. The summed E-state index contributed by atoms with van der Waals surface area (Å²) < 4.78 is 39.0. The third kappa shape index (κ3) is 5.06. The number of benzene rings is 2. The van der Waals surface area contributed by atoms with Crippen LogP contribution in [0.15, 0.2) is 66.8 Å². The third-order valence-electron chi connectivity index (χ3n) is 8.20. The van der Waals surface area contributed by atoms with E-state index in [-0.39, 0.29) is 35.3 Å². The summed E-state index contributed by atoms with van der Waals surface area (Å²) in [4.78, 5) is 31.4. The summed E-state index contributed by atoms with van der Waals surface area (Å²) in [6, 6.07) is 9.55. The Labute approximate surface area is 262 Å². The maximum Gasteiger partial charge on any atom is 0.251 e. The van der Waals surface area contributed by atoms with Crippen molar-refractivity contribution in [1.29, 1.82) is 0 Å². The van der Waals surface area contributed by atoms with E-state index in [0.29, 0.717) is 47.7 Å². The van der Waals surface area contributed by atoms with E-state index in [0.717, 1.165) is 33.7 Å². The molecule has 0 radical (unpaired) electrons. The summed E-state index contributed by atoms with van der Waals surface area (Å²) in [6.45, 7) is 8.70. The molecule has 3 aromatic heterocycles. The summed E-state index contributed by atoms with van der Waals surface area (Å²) in [7, 11) is 0. The van der Waals surface area contributed by atoms with Crippen molar-refractivity contribution in [2.45, 2.75) is 39.0 Å². The van der Waals surface area contributed by atoms with Crippen molar-refractivity contribution in [2.24, 2.45) is 0 Å². The van der Waals surface area contributed by atoms with Gasteiger partial charge >= 0.3 is 0 Å². The molecular formula is C34H29F2N5O3S. The number of halogens is 2. The van der Waals surface area contributed by atoms with Crippen molar-refractivity contribution in [3.63, 3.8) is 0 Å². The number of fused-ring (bicyclic) bond motifs is 2. The Morgan fingerprint density at radius 2 is 2.00 bits per heavy atom. The SMILES string of the molecule is C=CC(=O)N1CC[C@H](n2cc(-c3nc(-c4ccc5c(c4)CNC5=O)c4ccsc4c3-c3c(F)cc(F)cc3OC(C)C)cn2)C1. The summed E-state index contributed by atoms with van der Waals surface area (Å²) in [5.41, 5.74) is 4.65. The number of carbonyl (C=O) groups excluding carboxylic acids is 2. The molecule has 1 atom stereocenters. The number of hydrogen-bond donors (Lipinski definition) is 1. The number of carbonyl (C=O) groups is 2. The second kappa shape index (κ2) is 11.2. The van der Waals surface area contributed by atoms with E-state index >= 15 is 4.39 Å². The Morgan fingerprint density at radius 1 is 1.16 bits per heavy atom. The molecular weight excluding hydrogens is 596 g/mol. The van der Waals surface area contributed by atoms with Crippen LogP contribution in [-0.2, 0) is 11.3 Å². The molecule has 5 heterocycles. The van der Waals surface area contributed by atoms with Gasteiger partial charge in [-0.15, -0.1) is 11.3 Å². The minimum atomic E-state index is -0.764. The van der Waals surface area contributed by atoms with E-state index in [1.54, 1.807) is 31.0 Å². The minimum absolute atomic E-state index is 0.0554. The Bertz CT molecular complexity index is 2020. The molecule has 2 aliphatic rings. The lowest BCUT2D eigenvalue weighted by Crippen LogP contribution is -2.27. The number of pyridine rings is 1. The van der Waals surface area contributed by atoms with E-state index < -0.39 is 11.6 Å². The van der Waals surface area contributed by atoms with Crippen LogP contribution in [0.4, 0.5) is 8.78 Å². The topological polar surface area (TPSA) is 89.4 Å². The first-order valence-corrected chi connectivity index (χ1v) is 15.5. The molecule has 1 fully saturated rings. The van der Waals surface area contributed by atoms with Crippen molar-refractivity contribution in [1.82, 2.24) is 25.0 Å². The molecule has 2 aliphatic heterocycles. The number of hydrogen-bond acceptors (Lipinski definition) is 6. The summed E-state index contributed by atoms with van der Waals surface area (Å²) in [5, 5.41) is 10.2. The average Bonchev–Trinajstić information content (AvgIpc) is 3.83. The van der Waals surface area contributed by atoms with Crippen LogP contribution < -0.4 is 10.1 Å². The number of rotatable bonds is 7. The highest BCUT2D eigenvalue weighted by Gasteiger charge is 2.30. The van der Waals surface area contributed by atoms with Crippen LogP contribution in [0.25, 0.3) is 43.7 Å². The van der Waals surface area contributed by atoms with Gasteiger partial charge < -0.3 is 15.0 Å². The van der Waals surface area contributed by atoms with Crippen molar-refractivity contribution < 1.29 is 23.1 Å². The van der Waals surface area contributed by atoms with Crippen LogP contribution >= 0.6 is 11.3 Å². The summed E-state index contributed by atoms with van der Waals surface area (Å²) in [6.07, 6.45) is 5.23. The molecule has 0 bridgehead atoms. The standard InChI is InChI=1S/C34H29F2N5O3S/c1-4-28(42)40-9-7-23(17-40)41-16-21(15-38-41)32-30(29-26(36)12-22(35)13-27(29)44-18(2)3)33-25(8-10-45-33)31(39-32)19-5-6-24-20(11-19)14-37-34(24)43/h4-6,8,10-13,15-16,18,23H,1,7,9,14,17H2,2-3H3,(H,37,43)/t23-/m0/s1. The zero-order valence-corrected chi connectivity index (χ0v) is 25.5. The fourth-order valence-corrected chi connectivity index (χ4v) is 7.10. The predicted octanol–water partition coefficient (Wildman–Crippen LogP) is 6.76. The van der Waals surface area contributed by atoms with E-state index in [1.165, 1.54) is 23.5 Å². The Hall–Kier alpha value is -4.90. The van der Waals surface area contributed by atoms with Crippen LogP contribution in [0.1, 0.15) is 42.2 Å². The molecule has 45 heavy (non-hydrogen) atoms. The highest BCUT2D eigenvalue weighted by molar-refractivity contribution is 7.18. The lowest BCUT2D eigenvalue weighted by molar-refractivity contribution is -0.125. The Morgan fingerprint density at radius 3 is 2.80 bits per heavy atom. The van der Waals surface area contributed by atoms with Gasteiger partial charge in [0.15, 0.2) is 0 Å². The molecule has 11 heteroatoms. The quantitative estimate of drug-likeness (QED) is 0.202. The fraction of sp³-hybridized carbons (Fsp3) is 0.235. The molecule has 0 aliphatic carbocycles. The van der Waals surface area contributed by atoms with Crippen molar-refractivity contribution in [3.05, 3.63) is 89.6 Å². The first kappa shape index (κ1) is 28.8. The number of likely N-dealkylation sites (tertiary alicyclic amines) is 1. The van der Waals surface area contributed by atoms with Gasteiger partial charge in [0.1, 0.15) is 17.4 Å². The van der Waals surface area contributed by atoms with Crippen LogP contribution in [0.2, 0.25) is 0 Å². The molecule has 0 saturated carbocycles. The van der Waals surface area contributed by atoms with Crippen LogP contribution in [-0.4, -0.2) is 50.7 Å². The van der Waals surface area contributed by atoms with Gasteiger partial charge in [-0.05, 0) is 55.5 Å². The van der Waals surface area contributed by atoms with Gasteiger partial charge in [-0.1, -0.05) is 12.6 Å². The molecule has 8 nitrogen and oxygen atoms in total. The van der Waals surface area contributed by atoms with Crippen molar-refractivity contribution in [3.8, 4) is 39.4 Å². The van der Waals surface area contributed by atoms with Gasteiger partial charge in [-0.3, -0.25) is 14.3 Å². The maximum absolute atomic E-state index is 15.9. The van der Waals surface area contributed by atoms with E-state index in [1.807, 2.05) is 34.5 Å². The zero-order valence-electron chi connectivity index (χ0n) is 24.6. The first-order chi connectivity index (χ1) is 21.7. The second-order valence-electron chi connectivity index (χ2n) is 11.5. The molecule has 2 amide bonds.